The molecule has 5 atom stereocenters. The summed E-state index contributed by atoms with van der Waals surface area (Å²) in [6.07, 6.45) is 80.5. The number of carbonyl (C=O) groups excluding carboxylic acids is 3. The summed E-state index contributed by atoms with van der Waals surface area (Å²) in [5.41, 5.74) is 0. The second-order valence-electron chi connectivity index (χ2n) is 22.9. The number of hydrogen-bond acceptors (Lipinski definition) is 14. The van der Waals surface area contributed by atoms with Crippen molar-refractivity contribution >= 4 is 33.6 Å². The molecule has 0 saturated carbocycles. The summed E-state index contributed by atoms with van der Waals surface area (Å²) >= 11 is 0. The first-order chi connectivity index (χ1) is 45.2. The van der Waals surface area contributed by atoms with Crippen LogP contribution in [0.2, 0.25) is 0 Å². The highest BCUT2D eigenvalue weighted by atomic mass is 31.2. The van der Waals surface area contributed by atoms with Crippen molar-refractivity contribution in [3.05, 3.63) is 146 Å². The maximum Gasteiger partial charge on any atom is 0.472 e. The number of aliphatic hydroxyl groups is 2. The largest absolute Gasteiger partial charge is 0.472 e. The Morgan fingerprint density at radius 3 is 0.849 bits per heavy atom. The molecule has 0 aliphatic carbocycles. The van der Waals surface area contributed by atoms with Gasteiger partial charge in [-0.25, -0.2) is 9.13 Å². The van der Waals surface area contributed by atoms with E-state index in [-0.39, 0.29) is 19.3 Å². The summed E-state index contributed by atoms with van der Waals surface area (Å²) in [6.45, 7) is 2.26. The third-order valence-electron chi connectivity index (χ3n) is 14.0. The van der Waals surface area contributed by atoms with E-state index in [1.807, 2.05) is 0 Å². The summed E-state index contributed by atoms with van der Waals surface area (Å²) in [6, 6.07) is 0. The van der Waals surface area contributed by atoms with E-state index >= 15 is 0 Å². The van der Waals surface area contributed by atoms with Crippen LogP contribution in [0.15, 0.2) is 146 Å². The van der Waals surface area contributed by atoms with Gasteiger partial charge in [-0.3, -0.25) is 32.5 Å². The van der Waals surface area contributed by atoms with Crippen LogP contribution in [0.25, 0.3) is 0 Å². The maximum absolute atomic E-state index is 12.9. The van der Waals surface area contributed by atoms with Gasteiger partial charge in [-0.2, -0.15) is 0 Å². The molecule has 0 aromatic rings. The quantitative estimate of drug-likeness (QED) is 0.0146. The minimum atomic E-state index is -4.94. The third kappa shape index (κ3) is 68.6. The van der Waals surface area contributed by atoms with Crippen molar-refractivity contribution in [1.82, 2.24) is 0 Å². The van der Waals surface area contributed by atoms with Gasteiger partial charge in [-0.1, -0.05) is 244 Å². The topological polar surface area (TPSA) is 231 Å². The highest BCUT2D eigenvalue weighted by molar-refractivity contribution is 7.47. The fraction of sp³-hybridized carbons (Fsp3) is 0.640. The van der Waals surface area contributed by atoms with E-state index in [2.05, 4.69) is 167 Å². The molecule has 16 nitrogen and oxygen atoms in total. The van der Waals surface area contributed by atoms with Crippen molar-refractivity contribution < 1.29 is 75.8 Å². The first kappa shape index (κ1) is 88.4. The van der Waals surface area contributed by atoms with E-state index < -0.39 is 91.5 Å². The first-order valence-corrected chi connectivity index (χ1v) is 38.1. The Labute approximate surface area is 562 Å². The molecule has 0 aliphatic heterocycles. The van der Waals surface area contributed by atoms with Gasteiger partial charge in [0.2, 0.25) is 0 Å². The molecule has 0 aromatic carbocycles. The predicted molar refractivity (Wildman–Crippen MR) is 380 cm³/mol. The number of aliphatic hydroxyl groups excluding tert-OH is 2. The van der Waals surface area contributed by atoms with Crippen LogP contribution in [0.5, 0.6) is 0 Å². The zero-order valence-corrected chi connectivity index (χ0v) is 59.2. The number of rotatable bonds is 65. The molecule has 93 heavy (non-hydrogen) atoms. The van der Waals surface area contributed by atoms with Gasteiger partial charge in [-0.05, 0) is 135 Å². The molecule has 0 fully saturated rings. The molecule has 0 spiro atoms. The molecule has 0 bridgehead atoms. The number of unbranched alkanes of at least 4 members (excludes halogenated alkanes) is 18. The first-order valence-electron chi connectivity index (χ1n) is 35.1. The molecule has 4 N–H and O–H groups in total. The number of hydrogen-bond donors (Lipinski definition) is 4. The number of phosphoric ester groups is 2. The number of ether oxygens (including phenoxy) is 3. The van der Waals surface area contributed by atoms with Crippen molar-refractivity contribution in [2.24, 2.45) is 0 Å². The highest BCUT2D eigenvalue weighted by Crippen LogP contribution is 2.45. The van der Waals surface area contributed by atoms with Gasteiger partial charge in [0.05, 0.1) is 26.4 Å². The normalized spacial score (nSPS) is 15.0. The van der Waals surface area contributed by atoms with Crippen molar-refractivity contribution in [2.75, 3.05) is 39.6 Å². The van der Waals surface area contributed by atoms with Gasteiger partial charge in [-0.15, -0.1) is 0 Å². The van der Waals surface area contributed by atoms with Gasteiger partial charge in [0.1, 0.15) is 25.4 Å². The Morgan fingerprint density at radius 2 is 0.538 bits per heavy atom. The van der Waals surface area contributed by atoms with Crippen LogP contribution in [0.1, 0.15) is 252 Å². The second kappa shape index (κ2) is 67.4. The van der Waals surface area contributed by atoms with Crippen molar-refractivity contribution in [3.63, 3.8) is 0 Å². The monoisotopic (exact) mass is 1340 g/mol. The van der Waals surface area contributed by atoms with Crippen LogP contribution in [0.3, 0.4) is 0 Å². The van der Waals surface area contributed by atoms with Crippen LogP contribution in [0, 0.1) is 0 Å². The summed E-state index contributed by atoms with van der Waals surface area (Å²) in [5, 5.41) is 20.6. The van der Waals surface area contributed by atoms with Gasteiger partial charge in [0.25, 0.3) is 0 Å². The Bertz CT molecular complexity index is 2280. The lowest BCUT2D eigenvalue weighted by Gasteiger charge is -2.21. The van der Waals surface area contributed by atoms with E-state index in [4.69, 9.17) is 32.3 Å². The molecule has 0 rings (SSSR count). The molecule has 18 heteroatoms. The lowest BCUT2D eigenvalue weighted by atomic mass is 10.1. The number of esters is 3. The summed E-state index contributed by atoms with van der Waals surface area (Å²) in [4.78, 5) is 58.4. The van der Waals surface area contributed by atoms with Gasteiger partial charge >= 0.3 is 33.6 Å². The highest BCUT2D eigenvalue weighted by Gasteiger charge is 2.29. The fourth-order valence-electron chi connectivity index (χ4n) is 8.78. The van der Waals surface area contributed by atoms with Crippen molar-refractivity contribution in [2.45, 2.75) is 270 Å². The summed E-state index contributed by atoms with van der Waals surface area (Å²) in [5.74, 6) is -1.63. The second-order valence-corrected chi connectivity index (χ2v) is 25.8. The zero-order chi connectivity index (χ0) is 68.1. The van der Waals surface area contributed by atoms with Crippen LogP contribution in [-0.4, -0.2) is 95.9 Å². The van der Waals surface area contributed by atoms with Gasteiger partial charge < -0.3 is 34.2 Å². The van der Waals surface area contributed by atoms with Crippen LogP contribution in [-0.2, 0) is 55.8 Å². The Morgan fingerprint density at radius 1 is 0.301 bits per heavy atom. The van der Waals surface area contributed by atoms with Crippen LogP contribution in [0.4, 0.5) is 0 Å². The van der Waals surface area contributed by atoms with Crippen LogP contribution < -0.4 is 0 Å². The molecular formula is C75H124O16P2. The molecule has 0 amide bonds. The third-order valence-corrected chi connectivity index (χ3v) is 15.9. The molecule has 0 heterocycles. The molecule has 0 aliphatic rings. The molecular weight excluding hydrogens is 1220 g/mol. The zero-order valence-electron chi connectivity index (χ0n) is 57.4. The number of allylic oxidation sites excluding steroid dienone is 24. The van der Waals surface area contributed by atoms with E-state index in [0.29, 0.717) is 19.3 Å². The van der Waals surface area contributed by atoms with E-state index in [1.54, 1.807) is 0 Å². The lowest BCUT2D eigenvalue weighted by molar-refractivity contribution is -0.161. The fourth-order valence-corrected chi connectivity index (χ4v) is 10.4. The maximum atomic E-state index is 12.9. The average molecular weight is 1340 g/mol. The SMILES string of the molecule is CC/C=C\C/C=C\C/C=C\C/C=C\C/C=C\C/C=C\CCCCCCCCCCC(=O)OCC(O)COP(=O)(O)OCC(O)COP(=O)(O)OCC(COC(=O)CCCCCCC/C=C\C/C=C\C/C=C\CC)OC(=O)CCCCCCC/C=C\C/C=C\C/C=C\CC. The van der Waals surface area contributed by atoms with E-state index in [1.165, 1.54) is 19.3 Å². The van der Waals surface area contributed by atoms with E-state index in [0.717, 1.165) is 173 Å². The lowest BCUT2D eigenvalue weighted by Crippen LogP contribution is -2.30. The number of phosphoric acid groups is 2. The van der Waals surface area contributed by atoms with E-state index in [9.17, 15) is 43.5 Å². The summed E-state index contributed by atoms with van der Waals surface area (Å²) in [7, 11) is -9.80. The standard InChI is InChI=1S/C75H124O16P2/c1-4-7-10-13-16-19-22-25-28-29-30-31-32-33-34-35-36-37-38-39-42-44-46-49-52-55-58-61-73(78)85-64-70(76)65-87-92(81,82)88-66-71(77)67-89-93(83,84)90-69-72(91-75(80)63-60-57-54-51-48-45-41-27-24-21-18-15-12-9-6-3)68-86-74(79)62-59-56-53-50-47-43-40-26-23-20-17-14-11-8-5-2/h7-12,16-21,25-28,30-31,33-34,36-37,40-41,70-72,76-77H,4-6,13-15,22-24,29,32,35,38-39,42-69H2,1-3H3,(H,81,82)(H,83,84)/b10-7-,11-8-,12-9-,19-16-,20-17-,21-18-,28-25-,31-30-,34-33-,37-36-,40-26-,41-27-. The summed E-state index contributed by atoms with van der Waals surface area (Å²) < 4.78 is 60.9. The Hall–Kier alpha value is -4.57. The van der Waals surface area contributed by atoms with Crippen molar-refractivity contribution in [1.29, 1.82) is 0 Å². The molecule has 5 unspecified atom stereocenters. The molecule has 0 saturated heterocycles. The van der Waals surface area contributed by atoms with Gasteiger partial charge in [0.15, 0.2) is 6.10 Å². The average Bonchev–Trinajstić information content (AvgIpc) is 3.71. The smallest absolute Gasteiger partial charge is 0.463 e. The molecule has 0 aromatic heterocycles. The predicted octanol–water partition coefficient (Wildman–Crippen LogP) is 19.8. The molecule has 530 valence electrons. The molecule has 0 radical (unpaired) electrons. The van der Waals surface area contributed by atoms with Crippen molar-refractivity contribution in [3.8, 4) is 0 Å². The van der Waals surface area contributed by atoms with Gasteiger partial charge in [0, 0.05) is 19.3 Å². The van der Waals surface area contributed by atoms with Crippen LogP contribution >= 0.6 is 15.6 Å². The Kier molecular flexibility index (Phi) is 64.1. The minimum Gasteiger partial charge on any atom is -0.463 e. The number of carbonyl (C=O) groups is 3. The Balaban J connectivity index is 4.57. The minimum absolute atomic E-state index is 0.0770.